The fraction of sp³-hybridized carbons (Fsp3) is 0.125. The summed E-state index contributed by atoms with van der Waals surface area (Å²) in [4.78, 5) is 18.1. The second-order valence-electron chi connectivity index (χ2n) is 5.67. The number of H-pyrrole nitrogens is 2. The lowest BCUT2D eigenvalue weighted by Crippen LogP contribution is -2.24. The minimum absolute atomic E-state index is 0.0562. The maximum absolute atomic E-state index is 13.8. The molecule has 0 fully saturated rings. The third-order valence-corrected chi connectivity index (χ3v) is 4.38. The third kappa shape index (κ3) is 4.09. The fourth-order valence-electron chi connectivity index (χ4n) is 2.53. The Kier molecular flexibility index (Phi) is 4.79. The van der Waals surface area contributed by atoms with E-state index >= 15 is 0 Å². The van der Waals surface area contributed by atoms with E-state index in [-0.39, 0.29) is 16.9 Å². The van der Waals surface area contributed by atoms with Crippen molar-refractivity contribution in [3.8, 4) is 0 Å². The number of aromatic amines is 2. The van der Waals surface area contributed by atoms with E-state index in [9.17, 15) is 17.6 Å². The summed E-state index contributed by atoms with van der Waals surface area (Å²) in [5.74, 6) is -1.10. The number of anilines is 1. The second kappa shape index (κ2) is 6.89. The number of para-hydroxylation sites is 1. The first-order valence-electron chi connectivity index (χ1n) is 7.48. The Morgan fingerprint density at radius 1 is 1.23 bits per heavy atom. The van der Waals surface area contributed by atoms with Gasteiger partial charge in [0.25, 0.3) is 5.91 Å². The lowest BCUT2D eigenvalue weighted by Gasteiger charge is -2.12. The van der Waals surface area contributed by atoms with E-state index in [1.807, 2.05) is 0 Å². The average molecular weight is 394 g/mol. The van der Waals surface area contributed by atoms with E-state index < -0.39 is 21.7 Å². The highest BCUT2D eigenvalue weighted by molar-refractivity contribution is 7.92. The molecule has 0 spiro atoms. The molecule has 26 heavy (non-hydrogen) atoms. The molecular weight excluding hydrogens is 379 g/mol. The molecule has 0 aliphatic rings. The van der Waals surface area contributed by atoms with Crippen molar-refractivity contribution in [3.05, 3.63) is 58.1 Å². The molecule has 3 aromatic rings. The van der Waals surface area contributed by atoms with Gasteiger partial charge >= 0.3 is 0 Å². The van der Waals surface area contributed by atoms with E-state index in [0.717, 1.165) is 12.3 Å². The smallest absolute Gasteiger partial charge is 0.253 e. The number of fused-ring (bicyclic) bond motifs is 1. The molecule has 1 amide bonds. The molecule has 0 saturated carbocycles. The molecule has 1 heterocycles. The molecule has 0 atom stereocenters. The van der Waals surface area contributed by atoms with Gasteiger partial charge in [-0.1, -0.05) is 18.2 Å². The van der Waals surface area contributed by atoms with Crippen molar-refractivity contribution in [2.24, 2.45) is 0 Å². The molecule has 136 valence electrons. The summed E-state index contributed by atoms with van der Waals surface area (Å²) in [5.41, 5.74) is 1.82. The van der Waals surface area contributed by atoms with Crippen LogP contribution in [0.4, 0.5) is 10.1 Å². The van der Waals surface area contributed by atoms with Gasteiger partial charge in [-0.05, 0) is 36.0 Å². The summed E-state index contributed by atoms with van der Waals surface area (Å²) in [6, 6.07) is 9.01. The maximum atomic E-state index is 13.8. The first-order chi connectivity index (χ1) is 12.2. The van der Waals surface area contributed by atoms with Crippen LogP contribution in [-0.4, -0.2) is 30.5 Å². The lowest BCUT2D eigenvalue weighted by atomic mass is 10.1. The number of hydrogen-bond donors (Lipinski definition) is 4. The highest BCUT2D eigenvalue weighted by Crippen LogP contribution is 2.19. The summed E-state index contributed by atoms with van der Waals surface area (Å²) >= 11 is 4.98. The zero-order valence-electron chi connectivity index (χ0n) is 13.6. The summed E-state index contributed by atoms with van der Waals surface area (Å²) in [7, 11) is -3.46. The van der Waals surface area contributed by atoms with Crippen LogP contribution in [0.15, 0.2) is 36.4 Å². The molecule has 0 radical (unpaired) electrons. The van der Waals surface area contributed by atoms with Crippen LogP contribution in [0.3, 0.4) is 0 Å². The number of amides is 1. The zero-order valence-corrected chi connectivity index (χ0v) is 15.2. The van der Waals surface area contributed by atoms with Crippen molar-refractivity contribution >= 4 is 44.9 Å². The van der Waals surface area contributed by atoms with Crippen LogP contribution < -0.4 is 10.0 Å². The number of imidazole rings is 1. The Hall–Kier alpha value is -2.72. The molecule has 0 bridgehead atoms. The highest BCUT2D eigenvalue weighted by atomic mass is 32.2. The normalized spacial score (nSPS) is 11.5. The van der Waals surface area contributed by atoms with Crippen LogP contribution in [0.5, 0.6) is 0 Å². The molecule has 4 N–H and O–H groups in total. The molecule has 7 nitrogen and oxygen atoms in total. The number of nitrogens with one attached hydrogen (secondary N) is 4. The molecule has 0 aliphatic carbocycles. The first-order valence-corrected chi connectivity index (χ1v) is 9.78. The largest absolute Gasteiger partial charge is 0.348 e. The number of sulfonamides is 1. The summed E-state index contributed by atoms with van der Waals surface area (Å²) in [6.07, 6.45) is 1.04. The molecule has 2 aromatic carbocycles. The predicted molar refractivity (Wildman–Crippen MR) is 99.5 cm³/mol. The molecule has 0 saturated heterocycles. The van der Waals surface area contributed by atoms with Gasteiger partial charge in [0, 0.05) is 6.54 Å². The topological polar surface area (TPSA) is 107 Å². The number of benzene rings is 2. The summed E-state index contributed by atoms with van der Waals surface area (Å²) in [5, 5.41) is 2.66. The van der Waals surface area contributed by atoms with Crippen LogP contribution in [0, 0.1) is 10.6 Å². The summed E-state index contributed by atoms with van der Waals surface area (Å²) in [6.45, 7) is 0.0562. The molecule has 0 unspecified atom stereocenters. The van der Waals surface area contributed by atoms with Gasteiger partial charge in [-0.15, -0.1) is 0 Å². The van der Waals surface area contributed by atoms with E-state index in [2.05, 4.69) is 20.0 Å². The SMILES string of the molecule is CS(=O)(=O)Nc1ccccc1CNC(=O)c1cc(F)cc2[nH]c(=S)[nH]c12. The second-order valence-corrected chi connectivity index (χ2v) is 7.83. The Labute approximate surface area is 153 Å². The fourth-order valence-corrected chi connectivity index (χ4v) is 3.34. The molecule has 3 rings (SSSR count). The Morgan fingerprint density at radius 3 is 2.69 bits per heavy atom. The Balaban J connectivity index is 1.86. The maximum Gasteiger partial charge on any atom is 0.253 e. The Morgan fingerprint density at radius 2 is 1.96 bits per heavy atom. The minimum Gasteiger partial charge on any atom is -0.348 e. The molecule has 1 aromatic heterocycles. The van der Waals surface area contributed by atoms with Gasteiger partial charge in [0.05, 0.1) is 28.5 Å². The molecule has 10 heteroatoms. The lowest BCUT2D eigenvalue weighted by molar-refractivity contribution is 0.0952. The van der Waals surface area contributed by atoms with E-state index in [1.54, 1.807) is 24.3 Å². The van der Waals surface area contributed by atoms with Crippen LogP contribution in [0.25, 0.3) is 11.0 Å². The third-order valence-electron chi connectivity index (χ3n) is 3.59. The van der Waals surface area contributed by atoms with Crippen molar-refractivity contribution in [2.45, 2.75) is 6.54 Å². The van der Waals surface area contributed by atoms with Crippen molar-refractivity contribution in [1.29, 1.82) is 0 Å². The average Bonchev–Trinajstić information content (AvgIpc) is 2.91. The summed E-state index contributed by atoms with van der Waals surface area (Å²) < 4.78 is 39.3. The van der Waals surface area contributed by atoms with E-state index in [4.69, 9.17) is 12.2 Å². The van der Waals surface area contributed by atoms with Crippen molar-refractivity contribution in [2.75, 3.05) is 11.0 Å². The van der Waals surface area contributed by atoms with Gasteiger partial charge < -0.3 is 15.3 Å². The van der Waals surface area contributed by atoms with Gasteiger partial charge in [-0.2, -0.15) is 0 Å². The van der Waals surface area contributed by atoms with Gasteiger partial charge in [0.1, 0.15) is 5.82 Å². The van der Waals surface area contributed by atoms with Crippen molar-refractivity contribution in [3.63, 3.8) is 0 Å². The molecule has 0 aliphatic heterocycles. The van der Waals surface area contributed by atoms with Gasteiger partial charge in [-0.3, -0.25) is 9.52 Å². The van der Waals surface area contributed by atoms with E-state index in [1.165, 1.54) is 6.07 Å². The first kappa shape index (κ1) is 18.1. The van der Waals surface area contributed by atoms with Gasteiger partial charge in [-0.25, -0.2) is 12.8 Å². The quantitative estimate of drug-likeness (QED) is 0.499. The van der Waals surface area contributed by atoms with Gasteiger partial charge in [0.15, 0.2) is 4.77 Å². The van der Waals surface area contributed by atoms with Crippen molar-refractivity contribution < 1.29 is 17.6 Å². The highest BCUT2D eigenvalue weighted by Gasteiger charge is 2.15. The molecular formula is C16H15FN4O3S2. The number of halogens is 1. The van der Waals surface area contributed by atoms with Crippen molar-refractivity contribution in [1.82, 2.24) is 15.3 Å². The van der Waals surface area contributed by atoms with Crippen LogP contribution in [0.2, 0.25) is 0 Å². The number of carbonyl (C=O) groups excluding carboxylic acids is 1. The van der Waals surface area contributed by atoms with Crippen LogP contribution >= 0.6 is 12.2 Å². The predicted octanol–water partition coefficient (Wildman–Crippen LogP) is 2.67. The van der Waals surface area contributed by atoms with E-state index in [0.29, 0.717) is 22.3 Å². The van der Waals surface area contributed by atoms with Gasteiger partial charge in [0.2, 0.25) is 10.0 Å². The zero-order chi connectivity index (χ0) is 18.9. The minimum atomic E-state index is -3.46. The number of carbonyl (C=O) groups is 1. The standard InChI is InChI=1S/C16H15FN4O3S2/c1-26(23,24)21-12-5-3-2-4-9(12)8-18-15(22)11-6-10(17)7-13-14(11)20-16(25)19-13/h2-7,21H,8H2,1H3,(H,18,22)(H2,19,20,25). The van der Waals surface area contributed by atoms with Crippen LogP contribution in [0.1, 0.15) is 15.9 Å². The van der Waals surface area contributed by atoms with Crippen LogP contribution in [-0.2, 0) is 16.6 Å². The number of rotatable bonds is 5. The number of hydrogen-bond acceptors (Lipinski definition) is 4. The Bertz CT molecular complexity index is 1150. The monoisotopic (exact) mass is 394 g/mol. The number of aromatic nitrogens is 2.